The van der Waals surface area contributed by atoms with Crippen molar-refractivity contribution in [3.63, 3.8) is 0 Å². The molecule has 69 valence electrons. The summed E-state index contributed by atoms with van der Waals surface area (Å²) in [6.45, 7) is 3.85. The summed E-state index contributed by atoms with van der Waals surface area (Å²) in [5.41, 5.74) is 1.73. The molecule has 0 spiro atoms. The molecule has 1 rings (SSSR count). The van der Waals surface area contributed by atoms with Gasteiger partial charge in [-0.15, -0.1) is 0 Å². The van der Waals surface area contributed by atoms with E-state index >= 15 is 0 Å². The fourth-order valence-electron chi connectivity index (χ4n) is 1.85. The van der Waals surface area contributed by atoms with E-state index in [0.717, 1.165) is 6.42 Å². The van der Waals surface area contributed by atoms with Crippen LogP contribution in [0, 0.1) is 6.92 Å². The van der Waals surface area contributed by atoms with Crippen LogP contribution in [-0.2, 0) is 0 Å². The first kappa shape index (κ1) is 9.83. The van der Waals surface area contributed by atoms with Gasteiger partial charge in [-0.3, -0.25) is 0 Å². The van der Waals surface area contributed by atoms with E-state index < -0.39 is 0 Å². The average Bonchev–Trinajstić information content (AvgIpc) is 2.57. The molecule has 0 fully saturated rings. The smallest absolute Gasteiger partial charge is 0.0317 e. The molecule has 0 saturated carbocycles. The monoisotopic (exact) mass is 165 g/mol. The number of allylic oxidation sites excluding steroid dienone is 2. The van der Waals surface area contributed by atoms with Crippen molar-refractivity contribution in [2.45, 2.75) is 57.8 Å². The maximum atomic E-state index is 3.85. The predicted molar refractivity (Wildman–Crippen MR) is 55.0 cm³/mol. The second kappa shape index (κ2) is 6.28. The van der Waals surface area contributed by atoms with Crippen LogP contribution < -0.4 is 0 Å². The summed E-state index contributed by atoms with van der Waals surface area (Å²) in [7, 11) is 0. The molecule has 0 aromatic rings. The van der Waals surface area contributed by atoms with Crippen LogP contribution in [0.3, 0.4) is 0 Å². The molecular weight excluding hydrogens is 144 g/mol. The molecule has 1 aliphatic rings. The molecule has 0 aromatic heterocycles. The zero-order valence-electron chi connectivity index (χ0n) is 8.15. The Balaban J connectivity index is 1.88. The van der Waals surface area contributed by atoms with Crippen LogP contribution in [0.4, 0.5) is 0 Å². The Bertz CT molecular complexity index is 133. The lowest BCUT2D eigenvalue weighted by Gasteiger charge is -2.01. The summed E-state index contributed by atoms with van der Waals surface area (Å²) in [5, 5.41) is 0. The van der Waals surface area contributed by atoms with Crippen molar-refractivity contribution in [3.8, 4) is 0 Å². The minimum atomic E-state index is 1.11. The molecule has 0 bridgehead atoms. The Kier molecular flexibility index (Phi) is 5.14. The highest BCUT2D eigenvalue weighted by atomic mass is 14.1. The molecular formula is C12H21. The zero-order valence-corrected chi connectivity index (χ0v) is 8.15. The van der Waals surface area contributed by atoms with E-state index in [1.54, 1.807) is 5.57 Å². The molecule has 0 saturated heterocycles. The van der Waals surface area contributed by atoms with E-state index in [2.05, 4.69) is 13.0 Å². The largest absolute Gasteiger partial charge is 0.0853 e. The van der Waals surface area contributed by atoms with Crippen molar-refractivity contribution < 1.29 is 0 Å². The summed E-state index contributed by atoms with van der Waals surface area (Å²) in [6.07, 6.45) is 14.6. The van der Waals surface area contributed by atoms with Gasteiger partial charge in [-0.05, 0) is 32.1 Å². The van der Waals surface area contributed by atoms with Crippen LogP contribution >= 0.6 is 0 Å². The van der Waals surface area contributed by atoms with Gasteiger partial charge in [-0.1, -0.05) is 44.3 Å². The van der Waals surface area contributed by atoms with Crippen LogP contribution in [0.5, 0.6) is 0 Å². The van der Waals surface area contributed by atoms with Gasteiger partial charge in [-0.2, -0.15) is 0 Å². The van der Waals surface area contributed by atoms with E-state index in [-0.39, 0.29) is 0 Å². The van der Waals surface area contributed by atoms with Crippen molar-refractivity contribution in [1.29, 1.82) is 0 Å². The maximum Gasteiger partial charge on any atom is -0.0317 e. The zero-order chi connectivity index (χ0) is 8.65. The highest BCUT2D eigenvalue weighted by molar-refractivity contribution is 5.06. The van der Waals surface area contributed by atoms with Crippen molar-refractivity contribution in [1.82, 2.24) is 0 Å². The lowest BCUT2D eigenvalue weighted by molar-refractivity contribution is 0.638. The minimum absolute atomic E-state index is 1.11. The van der Waals surface area contributed by atoms with E-state index in [9.17, 15) is 0 Å². The third-order valence-corrected chi connectivity index (χ3v) is 2.63. The molecule has 0 atom stereocenters. The second-order valence-electron chi connectivity index (χ2n) is 3.77. The summed E-state index contributed by atoms with van der Waals surface area (Å²) in [4.78, 5) is 0. The van der Waals surface area contributed by atoms with Crippen molar-refractivity contribution in [3.05, 3.63) is 18.6 Å². The standard InChI is InChI=1S/C12H21/c1-2-3-4-5-6-9-12-10-7-8-11-12/h10H,1-9,11H2. The topological polar surface area (TPSA) is 0 Å². The van der Waals surface area contributed by atoms with Gasteiger partial charge in [0.1, 0.15) is 0 Å². The first-order chi connectivity index (χ1) is 5.93. The molecule has 0 unspecified atom stereocenters. The first-order valence-corrected chi connectivity index (χ1v) is 5.40. The van der Waals surface area contributed by atoms with Crippen molar-refractivity contribution in [2.75, 3.05) is 0 Å². The molecule has 1 radical (unpaired) electrons. The number of hydrogen-bond acceptors (Lipinski definition) is 0. The fraction of sp³-hybridized carbons (Fsp3) is 0.750. The van der Waals surface area contributed by atoms with Gasteiger partial charge in [-0.25, -0.2) is 0 Å². The first-order valence-electron chi connectivity index (χ1n) is 5.40. The number of rotatable bonds is 6. The third-order valence-electron chi connectivity index (χ3n) is 2.63. The van der Waals surface area contributed by atoms with Crippen molar-refractivity contribution in [2.24, 2.45) is 0 Å². The van der Waals surface area contributed by atoms with E-state index in [4.69, 9.17) is 0 Å². The Hall–Kier alpha value is -0.260. The van der Waals surface area contributed by atoms with E-state index in [1.165, 1.54) is 51.4 Å². The molecule has 12 heavy (non-hydrogen) atoms. The molecule has 0 nitrogen and oxygen atoms in total. The molecule has 1 aliphatic carbocycles. The van der Waals surface area contributed by atoms with Gasteiger partial charge in [0.15, 0.2) is 0 Å². The second-order valence-corrected chi connectivity index (χ2v) is 3.77. The Morgan fingerprint density at radius 1 is 1.17 bits per heavy atom. The summed E-state index contributed by atoms with van der Waals surface area (Å²) >= 11 is 0. The molecule has 0 aliphatic heterocycles. The Morgan fingerprint density at radius 3 is 2.67 bits per heavy atom. The fourth-order valence-corrected chi connectivity index (χ4v) is 1.85. The van der Waals surface area contributed by atoms with Crippen LogP contribution in [0.1, 0.15) is 57.8 Å². The molecule has 0 N–H and O–H groups in total. The van der Waals surface area contributed by atoms with Crippen LogP contribution in [0.25, 0.3) is 0 Å². The third kappa shape index (κ3) is 3.94. The quantitative estimate of drug-likeness (QED) is 0.407. The normalized spacial score (nSPS) is 16.6. The Labute approximate surface area is 77.1 Å². The van der Waals surface area contributed by atoms with Gasteiger partial charge < -0.3 is 0 Å². The highest BCUT2D eigenvalue weighted by Gasteiger charge is 2.02. The van der Waals surface area contributed by atoms with Gasteiger partial charge >= 0.3 is 0 Å². The lowest BCUT2D eigenvalue weighted by Crippen LogP contribution is -1.81. The van der Waals surface area contributed by atoms with Gasteiger partial charge in [0, 0.05) is 0 Å². The summed E-state index contributed by atoms with van der Waals surface area (Å²) in [5.74, 6) is 0. The van der Waals surface area contributed by atoms with Crippen LogP contribution in [-0.4, -0.2) is 0 Å². The SMILES string of the molecule is [CH2]CCCCCCC1=CCCC1. The van der Waals surface area contributed by atoms with Gasteiger partial charge in [0.05, 0.1) is 0 Å². The molecule has 0 heteroatoms. The lowest BCUT2D eigenvalue weighted by atomic mass is 10.1. The average molecular weight is 165 g/mol. The Morgan fingerprint density at radius 2 is 2.00 bits per heavy atom. The minimum Gasteiger partial charge on any atom is -0.0853 e. The van der Waals surface area contributed by atoms with Gasteiger partial charge in [0.25, 0.3) is 0 Å². The molecule has 0 aromatic carbocycles. The van der Waals surface area contributed by atoms with Crippen LogP contribution in [0.15, 0.2) is 11.6 Å². The van der Waals surface area contributed by atoms with E-state index in [1.807, 2.05) is 0 Å². The number of hydrogen-bond donors (Lipinski definition) is 0. The summed E-state index contributed by atoms with van der Waals surface area (Å²) < 4.78 is 0. The van der Waals surface area contributed by atoms with Crippen molar-refractivity contribution >= 4 is 0 Å². The maximum absolute atomic E-state index is 3.85. The van der Waals surface area contributed by atoms with Gasteiger partial charge in [0.2, 0.25) is 0 Å². The molecule has 0 amide bonds. The van der Waals surface area contributed by atoms with Crippen LogP contribution in [0.2, 0.25) is 0 Å². The number of unbranched alkanes of at least 4 members (excludes halogenated alkanes) is 4. The summed E-state index contributed by atoms with van der Waals surface area (Å²) in [6, 6.07) is 0. The highest BCUT2D eigenvalue weighted by Crippen LogP contribution is 2.22. The van der Waals surface area contributed by atoms with E-state index in [0.29, 0.717) is 0 Å². The molecule has 0 heterocycles. The predicted octanol–water partition coefficient (Wildman–Crippen LogP) is 4.27.